The summed E-state index contributed by atoms with van der Waals surface area (Å²) in [7, 11) is 0. The van der Waals surface area contributed by atoms with Crippen LogP contribution in [0.25, 0.3) is 0 Å². The third kappa shape index (κ3) is 7.49. The molecule has 1 N–H and O–H groups in total. The van der Waals surface area contributed by atoms with E-state index in [-0.39, 0.29) is 25.0 Å². The third-order valence-corrected chi connectivity index (χ3v) is 5.57. The molecule has 1 atom stereocenters. The minimum atomic E-state index is -0.651. The molecule has 0 bridgehead atoms. The monoisotopic (exact) mass is 514 g/mol. The molecule has 0 unspecified atom stereocenters. The van der Waals surface area contributed by atoms with Gasteiger partial charge in [0.2, 0.25) is 5.91 Å². The summed E-state index contributed by atoms with van der Waals surface area (Å²) in [6, 6.07) is 11.7. The lowest BCUT2D eigenvalue weighted by molar-refractivity contribution is -0.142. The van der Waals surface area contributed by atoms with Gasteiger partial charge >= 0.3 is 0 Å². The van der Waals surface area contributed by atoms with Crippen molar-refractivity contribution in [2.45, 2.75) is 39.3 Å². The maximum Gasteiger partial charge on any atom is 0.261 e. The molecule has 5 nitrogen and oxygen atoms in total. The van der Waals surface area contributed by atoms with E-state index in [4.69, 9.17) is 27.9 Å². The predicted molar refractivity (Wildman–Crippen MR) is 124 cm³/mol. The molecular weight excluding hydrogens is 491 g/mol. The van der Waals surface area contributed by atoms with Gasteiger partial charge in [-0.15, -0.1) is 0 Å². The van der Waals surface area contributed by atoms with E-state index >= 15 is 0 Å². The molecule has 0 saturated carbocycles. The van der Waals surface area contributed by atoms with Crippen LogP contribution in [0.3, 0.4) is 0 Å². The number of nitrogens with zero attached hydrogens (tertiary/aromatic N) is 1. The number of ether oxygens (including phenoxy) is 1. The zero-order valence-corrected chi connectivity index (χ0v) is 20.1. The number of amides is 2. The number of carbonyl (C=O) groups is 2. The Hall–Kier alpha value is -1.76. The largest absolute Gasteiger partial charge is 0.482 e. The molecule has 30 heavy (non-hydrogen) atoms. The van der Waals surface area contributed by atoms with Crippen LogP contribution in [0.15, 0.2) is 46.9 Å². The fourth-order valence-corrected chi connectivity index (χ4v) is 3.45. The summed E-state index contributed by atoms with van der Waals surface area (Å²) < 4.78 is 6.54. The second-order valence-corrected chi connectivity index (χ2v) is 8.59. The quantitative estimate of drug-likeness (QED) is 0.427. The summed E-state index contributed by atoms with van der Waals surface area (Å²) in [6.45, 7) is 4.39. The maximum absolute atomic E-state index is 13.0. The Morgan fingerprint density at radius 2 is 1.87 bits per heavy atom. The second-order valence-electron chi connectivity index (χ2n) is 6.83. The number of benzene rings is 2. The van der Waals surface area contributed by atoms with Crippen LogP contribution in [0.4, 0.5) is 0 Å². The highest BCUT2D eigenvalue weighted by molar-refractivity contribution is 9.10. The van der Waals surface area contributed by atoms with Crippen LogP contribution in [0, 0.1) is 0 Å². The van der Waals surface area contributed by atoms with Crippen molar-refractivity contribution in [1.29, 1.82) is 0 Å². The number of nitrogens with one attached hydrogen (secondary N) is 1. The number of halogens is 3. The number of unbranched alkanes of at least 4 members (excludes halogenated alkanes) is 1. The van der Waals surface area contributed by atoms with E-state index in [9.17, 15) is 9.59 Å². The molecule has 2 rings (SSSR count). The molecule has 2 aromatic rings. The Bertz CT molecular complexity index is 862. The topological polar surface area (TPSA) is 58.6 Å². The van der Waals surface area contributed by atoms with E-state index in [0.29, 0.717) is 22.3 Å². The van der Waals surface area contributed by atoms with Gasteiger partial charge in [-0.2, -0.15) is 0 Å². The normalized spacial score (nSPS) is 11.6. The molecule has 162 valence electrons. The fourth-order valence-electron chi connectivity index (χ4n) is 2.72. The van der Waals surface area contributed by atoms with Crippen LogP contribution in [-0.2, 0) is 16.1 Å². The van der Waals surface area contributed by atoms with Gasteiger partial charge in [0.25, 0.3) is 5.91 Å². The SMILES string of the molecule is CCCCNC(=O)[C@@H](C)N(Cc1ccc(Br)cc1)C(=O)COc1ccc(Cl)cc1Cl. The van der Waals surface area contributed by atoms with Gasteiger partial charge in [0.1, 0.15) is 11.8 Å². The molecule has 0 aliphatic heterocycles. The standard InChI is InChI=1S/C22H25BrCl2N2O3/c1-3-4-11-26-22(29)15(2)27(13-16-5-7-17(23)8-6-16)21(28)14-30-20-10-9-18(24)12-19(20)25/h5-10,12,15H,3-4,11,13-14H2,1-2H3,(H,26,29)/t15-/m1/s1. The van der Waals surface area contributed by atoms with Crippen LogP contribution < -0.4 is 10.1 Å². The summed E-state index contributed by atoms with van der Waals surface area (Å²) in [5.74, 6) is -0.154. The fraction of sp³-hybridized carbons (Fsp3) is 0.364. The van der Waals surface area contributed by atoms with Crippen LogP contribution in [0.2, 0.25) is 10.0 Å². The van der Waals surface area contributed by atoms with Gasteiger partial charge in [-0.1, -0.05) is 64.6 Å². The Kier molecular flexibility index (Phi) is 9.95. The van der Waals surface area contributed by atoms with Gasteiger partial charge in [-0.25, -0.2) is 0 Å². The first kappa shape index (κ1) is 24.5. The molecule has 0 aromatic heterocycles. The van der Waals surface area contributed by atoms with E-state index < -0.39 is 6.04 Å². The molecule has 0 radical (unpaired) electrons. The van der Waals surface area contributed by atoms with E-state index in [1.807, 2.05) is 24.3 Å². The molecule has 0 aliphatic rings. The molecule has 2 aromatic carbocycles. The van der Waals surface area contributed by atoms with Crippen LogP contribution in [-0.4, -0.2) is 35.9 Å². The zero-order chi connectivity index (χ0) is 22.1. The van der Waals surface area contributed by atoms with Crippen molar-refractivity contribution >= 4 is 50.9 Å². The second kappa shape index (κ2) is 12.2. The minimum Gasteiger partial charge on any atom is -0.482 e. The van der Waals surface area contributed by atoms with E-state index in [0.717, 1.165) is 22.9 Å². The Balaban J connectivity index is 2.12. The molecule has 2 amide bonds. The summed E-state index contributed by atoms with van der Waals surface area (Å²) in [6.07, 6.45) is 1.86. The zero-order valence-electron chi connectivity index (χ0n) is 17.0. The van der Waals surface area contributed by atoms with E-state index in [2.05, 4.69) is 28.2 Å². The van der Waals surface area contributed by atoms with Gasteiger partial charge < -0.3 is 15.0 Å². The molecule has 0 spiro atoms. The highest BCUT2D eigenvalue weighted by atomic mass is 79.9. The van der Waals surface area contributed by atoms with Gasteiger partial charge in [0.15, 0.2) is 6.61 Å². The van der Waals surface area contributed by atoms with Crippen molar-refractivity contribution in [2.24, 2.45) is 0 Å². The highest BCUT2D eigenvalue weighted by Gasteiger charge is 2.26. The van der Waals surface area contributed by atoms with Crippen molar-refractivity contribution in [2.75, 3.05) is 13.2 Å². The number of rotatable bonds is 10. The van der Waals surface area contributed by atoms with Crippen LogP contribution in [0.1, 0.15) is 32.3 Å². The lowest BCUT2D eigenvalue weighted by atomic mass is 10.1. The molecular formula is C22H25BrCl2N2O3. The average molecular weight is 516 g/mol. The first-order chi connectivity index (χ1) is 14.3. The third-order valence-electron chi connectivity index (χ3n) is 4.51. The first-order valence-corrected chi connectivity index (χ1v) is 11.3. The average Bonchev–Trinajstić information content (AvgIpc) is 2.72. The van der Waals surface area contributed by atoms with E-state index in [1.165, 1.54) is 4.90 Å². The first-order valence-electron chi connectivity index (χ1n) is 9.71. The highest BCUT2D eigenvalue weighted by Crippen LogP contribution is 2.27. The summed E-state index contributed by atoms with van der Waals surface area (Å²) >= 11 is 15.4. The Morgan fingerprint density at radius 3 is 2.50 bits per heavy atom. The van der Waals surface area contributed by atoms with E-state index in [1.54, 1.807) is 25.1 Å². The summed E-state index contributed by atoms with van der Waals surface area (Å²) in [5, 5.41) is 3.68. The van der Waals surface area contributed by atoms with Crippen molar-refractivity contribution in [3.63, 3.8) is 0 Å². The number of hydrogen-bond donors (Lipinski definition) is 1. The maximum atomic E-state index is 13.0. The van der Waals surface area contributed by atoms with Crippen LogP contribution >= 0.6 is 39.1 Å². The molecule has 0 saturated heterocycles. The Morgan fingerprint density at radius 1 is 1.17 bits per heavy atom. The number of hydrogen-bond acceptors (Lipinski definition) is 3. The van der Waals surface area contributed by atoms with Gasteiger partial charge in [-0.05, 0) is 49.2 Å². The lowest BCUT2D eigenvalue weighted by Crippen LogP contribution is -2.49. The van der Waals surface area contributed by atoms with Crippen molar-refractivity contribution in [3.8, 4) is 5.75 Å². The minimum absolute atomic E-state index is 0.196. The Labute approximate surface area is 195 Å². The lowest BCUT2D eigenvalue weighted by Gasteiger charge is -2.29. The van der Waals surface area contributed by atoms with Crippen LogP contribution in [0.5, 0.6) is 5.75 Å². The van der Waals surface area contributed by atoms with Crippen molar-refractivity contribution in [1.82, 2.24) is 10.2 Å². The van der Waals surface area contributed by atoms with Gasteiger partial charge in [0.05, 0.1) is 5.02 Å². The van der Waals surface area contributed by atoms with Gasteiger partial charge in [0, 0.05) is 22.6 Å². The molecule has 0 fully saturated rings. The molecule has 0 heterocycles. The van der Waals surface area contributed by atoms with Crippen molar-refractivity contribution < 1.29 is 14.3 Å². The number of carbonyl (C=O) groups excluding carboxylic acids is 2. The van der Waals surface area contributed by atoms with Crippen molar-refractivity contribution in [3.05, 3.63) is 62.5 Å². The molecule has 8 heteroatoms. The predicted octanol–water partition coefficient (Wildman–Crippen LogP) is 5.47. The smallest absolute Gasteiger partial charge is 0.261 e. The summed E-state index contributed by atoms with van der Waals surface area (Å²) in [4.78, 5) is 27.1. The molecule has 0 aliphatic carbocycles. The van der Waals surface area contributed by atoms with Gasteiger partial charge in [-0.3, -0.25) is 9.59 Å². The summed E-state index contributed by atoms with van der Waals surface area (Å²) in [5.41, 5.74) is 0.907.